The van der Waals surface area contributed by atoms with Crippen LogP contribution in [-0.4, -0.2) is 10.2 Å². The molecular formula is C21H18O3. The SMILES string of the molecule is CC1=Cc2c(c(O)c3ccccc3c2O)C(C)(c2ccccc2)O1. The van der Waals surface area contributed by atoms with E-state index in [0.29, 0.717) is 27.7 Å². The first-order chi connectivity index (χ1) is 11.5. The highest BCUT2D eigenvalue weighted by atomic mass is 16.5. The van der Waals surface area contributed by atoms with Crippen LogP contribution in [0.4, 0.5) is 0 Å². The summed E-state index contributed by atoms with van der Waals surface area (Å²) in [4.78, 5) is 0. The number of hydrogen-bond donors (Lipinski definition) is 2. The van der Waals surface area contributed by atoms with Gasteiger partial charge in [-0.2, -0.15) is 0 Å². The maximum absolute atomic E-state index is 11.0. The van der Waals surface area contributed by atoms with Gasteiger partial charge < -0.3 is 14.9 Å². The number of rotatable bonds is 1. The molecule has 3 aromatic carbocycles. The first kappa shape index (κ1) is 14.6. The van der Waals surface area contributed by atoms with E-state index in [0.717, 1.165) is 5.56 Å². The average Bonchev–Trinajstić information content (AvgIpc) is 2.60. The van der Waals surface area contributed by atoms with Gasteiger partial charge in [0.15, 0.2) is 5.60 Å². The first-order valence-corrected chi connectivity index (χ1v) is 7.92. The molecule has 0 radical (unpaired) electrons. The van der Waals surface area contributed by atoms with Gasteiger partial charge in [0, 0.05) is 16.3 Å². The molecule has 4 rings (SSSR count). The van der Waals surface area contributed by atoms with Gasteiger partial charge in [-0.3, -0.25) is 0 Å². The van der Waals surface area contributed by atoms with Gasteiger partial charge in [-0.15, -0.1) is 0 Å². The van der Waals surface area contributed by atoms with E-state index in [2.05, 4.69) is 0 Å². The molecule has 0 spiro atoms. The highest BCUT2D eigenvalue weighted by Crippen LogP contribution is 2.51. The summed E-state index contributed by atoms with van der Waals surface area (Å²) in [6, 6.07) is 17.1. The third-order valence-electron chi connectivity index (χ3n) is 4.71. The van der Waals surface area contributed by atoms with E-state index < -0.39 is 5.60 Å². The number of fused-ring (bicyclic) bond motifs is 2. The molecule has 2 N–H and O–H groups in total. The fraction of sp³-hybridized carbons (Fsp3) is 0.143. The number of phenolic OH excluding ortho intramolecular Hbond substituents is 2. The minimum atomic E-state index is -0.874. The Bertz CT molecular complexity index is 973. The Labute approximate surface area is 140 Å². The van der Waals surface area contributed by atoms with Crippen LogP contribution in [0.5, 0.6) is 11.5 Å². The van der Waals surface area contributed by atoms with Crippen molar-refractivity contribution in [3.63, 3.8) is 0 Å². The summed E-state index contributed by atoms with van der Waals surface area (Å²) >= 11 is 0. The van der Waals surface area contributed by atoms with Gasteiger partial charge in [-0.25, -0.2) is 0 Å². The normalized spacial score (nSPS) is 19.5. The lowest BCUT2D eigenvalue weighted by Crippen LogP contribution is -2.30. The van der Waals surface area contributed by atoms with E-state index in [1.54, 1.807) is 12.1 Å². The summed E-state index contributed by atoms with van der Waals surface area (Å²) in [6.45, 7) is 3.78. The van der Waals surface area contributed by atoms with Gasteiger partial charge in [0.25, 0.3) is 0 Å². The second kappa shape index (κ2) is 5.03. The topological polar surface area (TPSA) is 49.7 Å². The molecule has 0 aliphatic carbocycles. The zero-order chi connectivity index (χ0) is 16.9. The Kier molecular flexibility index (Phi) is 3.07. The van der Waals surface area contributed by atoms with Gasteiger partial charge in [0.2, 0.25) is 0 Å². The lowest BCUT2D eigenvalue weighted by molar-refractivity contribution is 0.0487. The molecule has 1 atom stereocenters. The Hall–Kier alpha value is -2.94. The van der Waals surface area contributed by atoms with Crippen LogP contribution in [0.3, 0.4) is 0 Å². The minimum Gasteiger partial charge on any atom is -0.507 e. The Balaban J connectivity index is 2.14. The van der Waals surface area contributed by atoms with Crippen molar-refractivity contribution in [2.75, 3.05) is 0 Å². The van der Waals surface area contributed by atoms with Gasteiger partial charge >= 0.3 is 0 Å². The average molecular weight is 318 g/mol. The van der Waals surface area contributed by atoms with E-state index in [9.17, 15) is 10.2 Å². The zero-order valence-corrected chi connectivity index (χ0v) is 13.6. The van der Waals surface area contributed by atoms with Crippen LogP contribution in [0.15, 0.2) is 60.4 Å². The summed E-state index contributed by atoms with van der Waals surface area (Å²) in [6.07, 6.45) is 1.78. The molecule has 3 nitrogen and oxygen atoms in total. The van der Waals surface area contributed by atoms with Crippen molar-refractivity contribution in [2.45, 2.75) is 19.4 Å². The lowest BCUT2D eigenvalue weighted by Gasteiger charge is -2.37. The van der Waals surface area contributed by atoms with Gasteiger partial charge in [0.05, 0.1) is 11.3 Å². The van der Waals surface area contributed by atoms with E-state index in [-0.39, 0.29) is 11.5 Å². The smallest absolute Gasteiger partial charge is 0.160 e. The molecule has 1 aliphatic rings. The van der Waals surface area contributed by atoms with E-state index in [1.165, 1.54) is 0 Å². The second-order valence-corrected chi connectivity index (χ2v) is 6.29. The monoisotopic (exact) mass is 318 g/mol. The molecule has 0 bridgehead atoms. The Morgan fingerprint density at radius 3 is 2.08 bits per heavy atom. The van der Waals surface area contributed by atoms with Crippen molar-refractivity contribution in [1.82, 2.24) is 0 Å². The molecule has 1 aliphatic heterocycles. The number of phenols is 2. The van der Waals surface area contributed by atoms with Crippen LogP contribution in [0.2, 0.25) is 0 Å². The summed E-state index contributed by atoms with van der Waals surface area (Å²) in [7, 11) is 0. The summed E-state index contributed by atoms with van der Waals surface area (Å²) in [5, 5.41) is 23.0. The molecule has 0 saturated heterocycles. The fourth-order valence-corrected chi connectivity index (χ4v) is 3.61. The number of ether oxygens (including phenoxy) is 1. The standard InChI is InChI=1S/C21H18O3/c1-13-12-17-18(21(2,24-13)14-8-4-3-5-9-14)20(23)16-11-7-6-10-15(16)19(17)22/h3-12,22-23H,1-2H3. The van der Waals surface area contributed by atoms with Crippen molar-refractivity contribution in [3.8, 4) is 11.5 Å². The van der Waals surface area contributed by atoms with E-state index in [1.807, 2.05) is 62.4 Å². The van der Waals surface area contributed by atoms with Crippen LogP contribution in [0.25, 0.3) is 16.8 Å². The van der Waals surface area contributed by atoms with Gasteiger partial charge in [0.1, 0.15) is 11.5 Å². The van der Waals surface area contributed by atoms with Crippen molar-refractivity contribution in [3.05, 3.63) is 77.0 Å². The molecule has 3 heteroatoms. The highest BCUT2D eigenvalue weighted by molar-refractivity contribution is 5.98. The van der Waals surface area contributed by atoms with Crippen LogP contribution < -0.4 is 0 Å². The largest absolute Gasteiger partial charge is 0.507 e. The van der Waals surface area contributed by atoms with Crippen molar-refractivity contribution < 1.29 is 14.9 Å². The van der Waals surface area contributed by atoms with Crippen molar-refractivity contribution in [1.29, 1.82) is 0 Å². The molecule has 120 valence electrons. The number of benzene rings is 3. The van der Waals surface area contributed by atoms with E-state index in [4.69, 9.17) is 4.74 Å². The van der Waals surface area contributed by atoms with Crippen LogP contribution in [0.1, 0.15) is 30.5 Å². The zero-order valence-electron chi connectivity index (χ0n) is 13.6. The third-order valence-corrected chi connectivity index (χ3v) is 4.71. The lowest BCUT2D eigenvalue weighted by atomic mass is 9.80. The van der Waals surface area contributed by atoms with Crippen LogP contribution in [0, 0.1) is 0 Å². The molecule has 1 unspecified atom stereocenters. The van der Waals surface area contributed by atoms with Gasteiger partial charge in [-0.1, -0.05) is 54.6 Å². The molecule has 1 heterocycles. The predicted molar refractivity (Wildman–Crippen MR) is 94.9 cm³/mol. The van der Waals surface area contributed by atoms with Crippen LogP contribution in [-0.2, 0) is 10.3 Å². The molecule has 0 aromatic heterocycles. The Morgan fingerprint density at radius 1 is 0.833 bits per heavy atom. The molecule has 3 aromatic rings. The molecule has 0 amide bonds. The fourth-order valence-electron chi connectivity index (χ4n) is 3.61. The Morgan fingerprint density at radius 2 is 1.42 bits per heavy atom. The number of hydrogen-bond acceptors (Lipinski definition) is 3. The minimum absolute atomic E-state index is 0.147. The second-order valence-electron chi connectivity index (χ2n) is 6.29. The molecular weight excluding hydrogens is 300 g/mol. The van der Waals surface area contributed by atoms with Crippen molar-refractivity contribution in [2.24, 2.45) is 0 Å². The first-order valence-electron chi connectivity index (χ1n) is 7.92. The highest BCUT2D eigenvalue weighted by Gasteiger charge is 2.40. The summed E-state index contributed by atoms with van der Waals surface area (Å²) in [5.41, 5.74) is 1.25. The molecule has 0 fully saturated rings. The third kappa shape index (κ3) is 1.91. The predicted octanol–water partition coefficient (Wildman–Crippen LogP) is 4.91. The van der Waals surface area contributed by atoms with Gasteiger partial charge in [-0.05, 0) is 25.5 Å². The quantitative estimate of drug-likeness (QED) is 0.627. The molecule has 0 saturated carbocycles. The number of aromatic hydroxyl groups is 2. The maximum atomic E-state index is 11.0. The summed E-state index contributed by atoms with van der Waals surface area (Å²) < 4.78 is 6.16. The molecule has 24 heavy (non-hydrogen) atoms. The number of allylic oxidation sites excluding steroid dienone is 1. The summed E-state index contributed by atoms with van der Waals surface area (Å²) in [5.74, 6) is 1.01. The van der Waals surface area contributed by atoms with Crippen molar-refractivity contribution >= 4 is 16.8 Å². The van der Waals surface area contributed by atoms with Crippen LogP contribution >= 0.6 is 0 Å². The maximum Gasteiger partial charge on any atom is 0.160 e. The van der Waals surface area contributed by atoms with E-state index >= 15 is 0 Å².